The molecule has 100 valence electrons. The van der Waals surface area contributed by atoms with Gasteiger partial charge in [0.1, 0.15) is 0 Å². The van der Waals surface area contributed by atoms with Crippen molar-refractivity contribution in [3.63, 3.8) is 0 Å². The van der Waals surface area contributed by atoms with Crippen LogP contribution in [0, 0.1) is 5.41 Å². The molecule has 0 saturated carbocycles. The molecule has 1 fully saturated rings. The maximum Gasteiger partial charge on any atom is 0.317 e. The van der Waals surface area contributed by atoms with Crippen molar-refractivity contribution in [3.05, 3.63) is 0 Å². The molecule has 0 bridgehead atoms. The van der Waals surface area contributed by atoms with Crippen LogP contribution >= 0.6 is 0 Å². The molecule has 2 N–H and O–H groups in total. The van der Waals surface area contributed by atoms with Crippen molar-refractivity contribution in [2.75, 3.05) is 39.5 Å². The van der Waals surface area contributed by atoms with Crippen LogP contribution in [-0.2, 0) is 4.74 Å². The van der Waals surface area contributed by atoms with Crippen LogP contribution in [0.5, 0.6) is 0 Å². The van der Waals surface area contributed by atoms with Gasteiger partial charge in [0.25, 0.3) is 0 Å². The molecule has 0 radical (unpaired) electrons. The zero-order chi connectivity index (χ0) is 12.7. The van der Waals surface area contributed by atoms with E-state index in [1.807, 2.05) is 13.8 Å². The average molecular weight is 244 g/mol. The summed E-state index contributed by atoms with van der Waals surface area (Å²) in [6.45, 7) is 7.30. The van der Waals surface area contributed by atoms with Crippen LogP contribution in [0.15, 0.2) is 0 Å². The normalized spacial score (nSPS) is 18.8. The van der Waals surface area contributed by atoms with E-state index in [1.54, 1.807) is 4.90 Å². The van der Waals surface area contributed by atoms with Gasteiger partial charge in [0.2, 0.25) is 0 Å². The maximum atomic E-state index is 11.8. The van der Waals surface area contributed by atoms with Crippen LogP contribution in [0.4, 0.5) is 4.79 Å². The molecule has 2 amide bonds. The van der Waals surface area contributed by atoms with Crippen molar-refractivity contribution >= 4 is 6.03 Å². The molecule has 5 nitrogen and oxygen atoms in total. The molecular weight excluding hydrogens is 220 g/mol. The van der Waals surface area contributed by atoms with E-state index >= 15 is 0 Å². The van der Waals surface area contributed by atoms with E-state index in [0.29, 0.717) is 32.8 Å². The molecule has 1 heterocycles. The highest BCUT2D eigenvalue weighted by molar-refractivity contribution is 5.74. The molecule has 0 aromatic heterocycles. The van der Waals surface area contributed by atoms with Crippen molar-refractivity contribution < 1.29 is 14.6 Å². The summed E-state index contributed by atoms with van der Waals surface area (Å²) in [5.74, 6) is 0. The lowest BCUT2D eigenvalue weighted by molar-refractivity contribution is -0.0143. The first-order valence-corrected chi connectivity index (χ1v) is 6.39. The van der Waals surface area contributed by atoms with E-state index in [4.69, 9.17) is 4.74 Å². The third-order valence-corrected chi connectivity index (χ3v) is 3.55. The molecule has 1 saturated heterocycles. The van der Waals surface area contributed by atoms with Gasteiger partial charge in [-0.1, -0.05) is 0 Å². The molecule has 1 aliphatic rings. The highest BCUT2D eigenvalue weighted by Gasteiger charge is 2.32. The average Bonchev–Trinajstić information content (AvgIpc) is 2.39. The first-order valence-electron chi connectivity index (χ1n) is 6.39. The number of ether oxygens (including phenoxy) is 1. The minimum absolute atomic E-state index is 0.0469. The standard InChI is InChI=1S/C12H24N2O3/c1-3-14(4-2)11(16)13-9-12(10-15)5-7-17-8-6-12/h15H,3-10H2,1-2H3,(H,13,16). The Hall–Kier alpha value is -0.810. The van der Waals surface area contributed by atoms with Gasteiger partial charge in [0, 0.05) is 38.3 Å². The maximum absolute atomic E-state index is 11.8. The van der Waals surface area contributed by atoms with Crippen LogP contribution in [0.1, 0.15) is 26.7 Å². The second kappa shape index (κ2) is 6.81. The minimum Gasteiger partial charge on any atom is -0.396 e. The summed E-state index contributed by atoms with van der Waals surface area (Å²) in [5.41, 5.74) is -0.193. The molecule has 0 aliphatic carbocycles. The Kier molecular flexibility index (Phi) is 5.71. The van der Waals surface area contributed by atoms with Gasteiger partial charge in [0.15, 0.2) is 0 Å². The Balaban J connectivity index is 2.44. The van der Waals surface area contributed by atoms with Gasteiger partial charge in [-0.25, -0.2) is 4.79 Å². The quantitative estimate of drug-likeness (QED) is 0.753. The number of amides is 2. The molecule has 1 aliphatic heterocycles. The minimum atomic E-state index is -0.193. The first-order chi connectivity index (χ1) is 8.17. The Morgan fingerprint density at radius 2 is 1.94 bits per heavy atom. The van der Waals surface area contributed by atoms with Crippen molar-refractivity contribution in [1.82, 2.24) is 10.2 Å². The first kappa shape index (κ1) is 14.3. The fourth-order valence-corrected chi connectivity index (χ4v) is 2.08. The van der Waals surface area contributed by atoms with E-state index in [1.165, 1.54) is 0 Å². The van der Waals surface area contributed by atoms with E-state index in [9.17, 15) is 9.90 Å². The molecule has 0 spiro atoms. The van der Waals surface area contributed by atoms with E-state index < -0.39 is 0 Å². The molecule has 0 unspecified atom stereocenters. The highest BCUT2D eigenvalue weighted by Crippen LogP contribution is 2.28. The highest BCUT2D eigenvalue weighted by atomic mass is 16.5. The number of urea groups is 1. The predicted molar refractivity (Wildman–Crippen MR) is 65.9 cm³/mol. The van der Waals surface area contributed by atoms with Gasteiger partial charge in [-0.15, -0.1) is 0 Å². The Labute approximate surface area is 103 Å². The molecule has 0 atom stereocenters. The number of hydrogen-bond acceptors (Lipinski definition) is 3. The van der Waals surface area contributed by atoms with Crippen molar-refractivity contribution in [3.8, 4) is 0 Å². The summed E-state index contributed by atoms with van der Waals surface area (Å²) in [6, 6.07) is -0.0469. The summed E-state index contributed by atoms with van der Waals surface area (Å²) in [4.78, 5) is 13.5. The predicted octanol–water partition coefficient (Wildman–Crippen LogP) is 0.827. The van der Waals surface area contributed by atoms with Crippen molar-refractivity contribution in [1.29, 1.82) is 0 Å². The van der Waals surface area contributed by atoms with Gasteiger partial charge in [-0.05, 0) is 26.7 Å². The van der Waals surface area contributed by atoms with E-state index in [-0.39, 0.29) is 18.1 Å². The number of aliphatic hydroxyl groups is 1. The lowest BCUT2D eigenvalue weighted by Crippen LogP contribution is -2.47. The summed E-state index contributed by atoms with van der Waals surface area (Å²) in [6.07, 6.45) is 1.62. The molecule has 0 aromatic carbocycles. The fraction of sp³-hybridized carbons (Fsp3) is 0.917. The van der Waals surface area contributed by atoms with E-state index in [2.05, 4.69) is 5.32 Å². The van der Waals surface area contributed by atoms with Gasteiger partial charge >= 0.3 is 6.03 Å². The van der Waals surface area contributed by atoms with Crippen LogP contribution in [0.2, 0.25) is 0 Å². The second-order valence-corrected chi connectivity index (χ2v) is 4.60. The summed E-state index contributed by atoms with van der Waals surface area (Å²) in [5, 5.41) is 12.4. The van der Waals surface area contributed by atoms with Gasteiger partial charge in [0.05, 0.1) is 6.61 Å². The summed E-state index contributed by atoms with van der Waals surface area (Å²) in [7, 11) is 0. The SMILES string of the molecule is CCN(CC)C(=O)NCC1(CO)CCOCC1. The summed E-state index contributed by atoms with van der Waals surface area (Å²) >= 11 is 0. The van der Waals surface area contributed by atoms with Crippen LogP contribution in [-0.4, -0.2) is 55.5 Å². The fourth-order valence-electron chi connectivity index (χ4n) is 2.08. The molecule has 17 heavy (non-hydrogen) atoms. The smallest absolute Gasteiger partial charge is 0.317 e. The summed E-state index contributed by atoms with van der Waals surface area (Å²) < 4.78 is 5.29. The Bertz CT molecular complexity index is 236. The van der Waals surface area contributed by atoms with Gasteiger partial charge < -0.3 is 20.1 Å². The molecule has 1 rings (SSSR count). The second-order valence-electron chi connectivity index (χ2n) is 4.60. The van der Waals surface area contributed by atoms with E-state index in [0.717, 1.165) is 12.8 Å². The number of carbonyl (C=O) groups is 1. The molecule has 0 aromatic rings. The van der Waals surface area contributed by atoms with Crippen LogP contribution in [0.3, 0.4) is 0 Å². The monoisotopic (exact) mass is 244 g/mol. The largest absolute Gasteiger partial charge is 0.396 e. The topological polar surface area (TPSA) is 61.8 Å². The number of nitrogens with one attached hydrogen (secondary N) is 1. The number of carbonyl (C=O) groups excluding carboxylic acids is 1. The number of rotatable bonds is 5. The third kappa shape index (κ3) is 3.85. The van der Waals surface area contributed by atoms with Crippen molar-refractivity contribution in [2.24, 2.45) is 5.41 Å². The zero-order valence-corrected chi connectivity index (χ0v) is 10.9. The number of hydrogen-bond donors (Lipinski definition) is 2. The third-order valence-electron chi connectivity index (χ3n) is 3.55. The van der Waals surface area contributed by atoms with Gasteiger partial charge in [-0.3, -0.25) is 0 Å². The number of nitrogens with zero attached hydrogens (tertiary/aromatic N) is 1. The van der Waals surface area contributed by atoms with Crippen LogP contribution < -0.4 is 5.32 Å². The Morgan fingerprint density at radius 1 is 1.35 bits per heavy atom. The lowest BCUT2D eigenvalue weighted by Gasteiger charge is -2.36. The van der Waals surface area contributed by atoms with Crippen LogP contribution in [0.25, 0.3) is 0 Å². The number of aliphatic hydroxyl groups excluding tert-OH is 1. The van der Waals surface area contributed by atoms with Gasteiger partial charge in [-0.2, -0.15) is 0 Å². The Morgan fingerprint density at radius 3 is 2.41 bits per heavy atom. The van der Waals surface area contributed by atoms with Crippen molar-refractivity contribution in [2.45, 2.75) is 26.7 Å². The molecular formula is C12H24N2O3. The zero-order valence-electron chi connectivity index (χ0n) is 10.9. The molecule has 5 heteroatoms. The lowest BCUT2D eigenvalue weighted by atomic mass is 9.81.